The lowest BCUT2D eigenvalue weighted by atomic mass is 10.2. The van der Waals surface area contributed by atoms with E-state index in [0.29, 0.717) is 12.2 Å². The number of morpholine rings is 1. The predicted molar refractivity (Wildman–Crippen MR) is 71.3 cm³/mol. The monoisotopic (exact) mass is 265 g/mol. The molecule has 1 unspecified atom stereocenters. The molecule has 1 aromatic heterocycles. The Balaban J connectivity index is 1.90. The van der Waals surface area contributed by atoms with Crippen molar-refractivity contribution in [2.75, 3.05) is 45.7 Å². The highest BCUT2D eigenvalue weighted by Gasteiger charge is 2.17. The molecule has 19 heavy (non-hydrogen) atoms. The number of nitrogens with one attached hydrogen (secondary N) is 1. The Bertz CT molecular complexity index is 439. The van der Waals surface area contributed by atoms with Gasteiger partial charge in [0.05, 0.1) is 19.8 Å². The number of pyridine rings is 1. The molecule has 1 aliphatic heterocycles. The van der Waals surface area contributed by atoms with Gasteiger partial charge in [-0.2, -0.15) is 0 Å². The molecule has 1 saturated heterocycles. The molecule has 0 amide bonds. The van der Waals surface area contributed by atoms with Gasteiger partial charge in [0.15, 0.2) is 0 Å². The van der Waals surface area contributed by atoms with E-state index >= 15 is 0 Å². The maximum absolute atomic E-state index is 11.4. The molecule has 6 nitrogen and oxygen atoms in total. The van der Waals surface area contributed by atoms with E-state index < -0.39 is 5.97 Å². The summed E-state index contributed by atoms with van der Waals surface area (Å²) in [5, 5.41) is 3.25. The van der Waals surface area contributed by atoms with Crippen molar-refractivity contribution >= 4 is 11.7 Å². The third-order valence-electron chi connectivity index (χ3n) is 3.03. The Kier molecular flexibility index (Phi) is 4.70. The number of likely N-dealkylation sites (N-methyl/N-ethyl adjacent to an activating group) is 1. The van der Waals surface area contributed by atoms with Crippen LogP contribution in [0.1, 0.15) is 10.5 Å². The maximum atomic E-state index is 11.4. The lowest BCUT2D eigenvalue weighted by Gasteiger charge is -2.30. The Morgan fingerprint density at radius 2 is 2.53 bits per heavy atom. The van der Waals surface area contributed by atoms with Gasteiger partial charge < -0.3 is 19.7 Å². The van der Waals surface area contributed by atoms with Crippen molar-refractivity contribution in [3.05, 3.63) is 24.0 Å². The summed E-state index contributed by atoms with van der Waals surface area (Å²) in [5.74, 6) is -0.433. The van der Waals surface area contributed by atoms with Gasteiger partial charge in [-0.25, -0.2) is 9.78 Å². The number of nitrogens with zero attached hydrogens (tertiary/aromatic N) is 2. The number of carbonyl (C=O) groups is 1. The molecule has 6 heteroatoms. The van der Waals surface area contributed by atoms with Crippen molar-refractivity contribution in [2.24, 2.45) is 0 Å². The SMILES string of the molecule is COC(=O)c1cc(NCC2CN(C)CCO2)ccn1. The summed E-state index contributed by atoms with van der Waals surface area (Å²) in [6.07, 6.45) is 1.75. The van der Waals surface area contributed by atoms with E-state index in [0.717, 1.165) is 25.4 Å². The summed E-state index contributed by atoms with van der Waals surface area (Å²) in [6, 6.07) is 3.50. The number of ether oxygens (including phenoxy) is 2. The number of hydrogen-bond acceptors (Lipinski definition) is 6. The minimum absolute atomic E-state index is 0.161. The Morgan fingerprint density at radius 3 is 3.26 bits per heavy atom. The van der Waals surface area contributed by atoms with Crippen LogP contribution in [-0.4, -0.2) is 62.4 Å². The van der Waals surface area contributed by atoms with Crippen LogP contribution in [0, 0.1) is 0 Å². The summed E-state index contributed by atoms with van der Waals surface area (Å²) in [7, 11) is 3.42. The molecule has 0 spiro atoms. The van der Waals surface area contributed by atoms with Crippen molar-refractivity contribution < 1.29 is 14.3 Å². The van der Waals surface area contributed by atoms with Gasteiger partial charge in [0.1, 0.15) is 5.69 Å². The fourth-order valence-corrected chi connectivity index (χ4v) is 1.98. The van der Waals surface area contributed by atoms with E-state index in [-0.39, 0.29) is 6.10 Å². The van der Waals surface area contributed by atoms with E-state index in [9.17, 15) is 4.79 Å². The number of aromatic nitrogens is 1. The van der Waals surface area contributed by atoms with Gasteiger partial charge in [-0.1, -0.05) is 0 Å². The number of hydrogen-bond donors (Lipinski definition) is 1. The Morgan fingerprint density at radius 1 is 1.68 bits per heavy atom. The van der Waals surface area contributed by atoms with Crippen LogP contribution >= 0.6 is 0 Å². The third kappa shape index (κ3) is 3.90. The number of esters is 1. The lowest BCUT2D eigenvalue weighted by molar-refractivity contribution is -0.0117. The quantitative estimate of drug-likeness (QED) is 0.805. The second kappa shape index (κ2) is 6.49. The molecule has 0 saturated carbocycles. The molecule has 1 atom stereocenters. The smallest absolute Gasteiger partial charge is 0.356 e. The van der Waals surface area contributed by atoms with Crippen LogP contribution in [0.4, 0.5) is 5.69 Å². The van der Waals surface area contributed by atoms with Crippen molar-refractivity contribution in [3.8, 4) is 0 Å². The topological polar surface area (TPSA) is 63.7 Å². The number of carbonyl (C=O) groups excluding carboxylic acids is 1. The highest BCUT2D eigenvalue weighted by atomic mass is 16.5. The van der Waals surface area contributed by atoms with Gasteiger partial charge in [-0.15, -0.1) is 0 Å². The average molecular weight is 265 g/mol. The van der Waals surface area contributed by atoms with Crippen LogP contribution in [0.5, 0.6) is 0 Å². The fourth-order valence-electron chi connectivity index (χ4n) is 1.98. The Hall–Kier alpha value is -1.66. The van der Waals surface area contributed by atoms with E-state index in [4.69, 9.17) is 4.74 Å². The van der Waals surface area contributed by atoms with Crippen molar-refractivity contribution in [1.29, 1.82) is 0 Å². The predicted octanol–water partition coefficient (Wildman–Crippen LogP) is 0.611. The zero-order valence-corrected chi connectivity index (χ0v) is 11.3. The van der Waals surface area contributed by atoms with Gasteiger partial charge in [-0.05, 0) is 19.2 Å². The second-order valence-corrected chi connectivity index (χ2v) is 4.56. The fraction of sp³-hybridized carbons (Fsp3) is 0.538. The molecule has 1 aromatic rings. The third-order valence-corrected chi connectivity index (χ3v) is 3.03. The summed E-state index contributed by atoms with van der Waals surface area (Å²) in [6.45, 7) is 3.34. The molecule has 2 heterocycles. The van der Waals surface area contributed by atoms with Crippen LogP contribution in [0.25, 0.3) is 0 Å². The molecule has 0 aliphatic carbocycles. The summed E-state index contributed by atoms with van der Waals surface area (Å²) in [5.41, 5.74) is 1.14. The normalized spacial score (nSPS) is 20.0. The zero-order valence-electron chi connectivity index (χ0n) is 11.3. The molecule has 1 N–H and O–H groups in total. The van der Waals surface area contributed by atoms with Gasteiger partial charge in [0.25, 0.3) is 0 Å². The largest absolute Gasteiger partial charge is 0.464 e. The maximum Gasteiger partial charge on any atom is 0.356 e. The first-order chi connectivity index (χ1) is 9.19. The van der Waals surface area contributed by atoms with Crippen LogP contribution in [0.15, 0.2) is 18.3 Å². The average Bonchev–Trinajstić information content (AvgIpc) is 2.45. The van der Waals surface area contributed by atoms with E-state index in [1.807, 2.05) is 6.07 Å². The highest BCUT2D eigenvalue weighted by Crippen LogP contribution is 2.10. The Labute approximate surface area is 112 Å². The van der Waals surface area contributed by atoms with Gasteiger partial charge in [0, 0.05) is 31.5 Å². The summed E-state index contributed by atoms with van der Waals surface area (Å²) >= 11 is 0. The first-order valence-corrected chi connectivity index (χ1v) is 6.27. The van der Waals surface area contributed by atoms with Crippen LogP contribution in [0.2, 0.25) is 0 Å². The molecule has 104 valence electrons. The minimum atomic E-state index is -0.433. The molecule has 0 aromatic carbocycles. The molecular formula is C13H19N3O3. The lowest BCUT2D eigenvalue weighted by Crippen LogP contribution is -2.43. The van der Waals surface area contributed by atoms with Crippen LogP contribution in [0.3, 0.4) is 0 Å². The number of methoxy groups -OCH3 is 1. The van der Waals surface area contributed by atoms with Gasteiger partial charge in [0.2, 0.25) is 0 Å². The van der Waals surface area contributed by atoms with Gasteiger partial charge >= 0.3 is 5.97 Å². The van der Waals surface area contributed by atoms with E-state index in [2.05, 4.69) is 27.0 Å². The molecule has 1 fully saturated rings. The van der Waals surface area contributed by atoms with Crippen LogP contribution < -0.4 is 5.32 Å². The minimum Gasteiger partial charge on any atom is -0.464 e. The molecule has 2 rings (SSSR count). The van der Waals surface area contributed by atoms with Crippen molar-refractivity contribution in [1.82, 2.24) is 9.88 Å². The van der Waals surface area contributed by atoms with Gasteiger partial charge in [-0.3, -0.25) is 0 Å². The van der Waals surface area contributed by atoms with E-state index in [1.54, 1.807) is 12.3 Å². The summed E-state index contributed by atoms with van der Waals surface area (Å²) in [4.78, 5) is 17.6. The zero-order chi connectivity index (χ0) is 13.7. The standard InChI is InChI=1S/C13H19N3O3/c1-16-5-6-19-11(9-16)8-15-10-3-4-14-12(7-10)13(17)18-2/h3-4,7,11H,5-6,8-9H2,1-2H3,(H,14,15). The highest BCUT2D eigenvalue weighted by molar-refractivity contribution is 5.88. The second-order valence-electron chi connectivity index (χ2n) is 4.56. The molecule has 0 radical (unpaired) electrons. The van der Waals surface area contributed by atoms with Crippen LogP contribution in [-0.2, 0) is 9.47 Å². The molecule has 1 aliphatic rings. The number of rotatable bonds is 4. The first-order valence-electron chi connectivity index (χ1n) is 6.27. The molecular weight excluding hydrogens is 246 g/mol. The number of anilines is 1. The molecule has 0 bridgehead atoms. The van der Waals surface area contributed by atoms with E-state index in [1.165, 1.54) is 7.11 Å². The first kappa shape index (κ1) is 13.8. The summed E-state index contributed by atoms with van der Waals surface area (Å²) < 4.78 is 10.3. The van der Waals surface area contributed by atoms with Crippen molar-refractivity contribution in [2.45, 2.75) is 6.10 Å². The van der Waals surface area contributed by atoms with Crippen molar-refractivity contribution in [3.63, 3.8) is 0 Å².